The molecule has 1 heterocycles. The van der Waals surface area contributed by atoms with Crippen LogP contribution in [0.2, 0.25) is 0 Å². The molecule has 1 aromatic carbocycles. The van der Waals surface area contributed by atoms with E-state index >= 15 is 0 Å². The van der Waals surface area contributed by atoms with Gasteiger partial charge in [0, 0.05) is 9.80 Å². The molecule has 1 radical (unpaired) electrons. The lowest BCUT2D eigenvalue weighted by Crippen LogP contribution is -2.23. The fraction of sp³-hybridized carbons (Fsp3) is 0. The zero-order valence-electron chi connectivity index (χ0n) is 9.02. The molecular formula is C14H12BS. The van der Waals surface area contributed by atoms with Gasteiger partial charge in [0.05, 0.1) is 0 Å². The highest BCUT2D eigenvalue weighted by Crippen LogP contribution is 2.34. The van der Waals surface area contributed by atoms with Crippen LogP contribution in [0, 0.1) is 0 Å². The topological polar surface area (TPSA) is 0 Å². The van der Waals surface area contributed by atoms with Crippen molar-refractivity contribution < 1.29 is 0 Å². The van der Waals surface area contributed by atoms with Crippen molar-refractivity contribution >= 4 is 24.5 Å². The van der Waals surface area contributed by atoms with Crippen LogP contribution in [0.5, 0.6) is 0 Å². The van der Waals surface area contributed by atoms with Crippen LogP contribution in [0.15, 0.2) is 77.0 Å². The van der Waals surface area contributed by atoms with Gasteiger partial charge in [0.15, 0.2) is 7.28 Å². The van der Waals surface area contributed by atoms with Crippen molar-refractivity contribution in [3.05, 3.63) is 72.1 Å². The molecule has 77 valence electrons. The molecule has 0 atom stereocenters. The van der Waals surface area contributed by atoms with Gasteiger partial charge >= 0.3 is 0 Å². The average molecular weight is 223 g/mol. The molecule has 1 aromatic rings. The minimum atomic E-state index is 1.19. The van der Waals surface area contributed by atoms with Crippen LogP contribution in [-0.4, -0.2) is 7.28 Å². The van der Waals surface area contributed by atoms with Gasteiger partial charge in [-0.3, -0.25) is 0 Å². The number of rotatable bonds is 2. The minimum Gasteiger partial charge on any atom is -0.0991 e. The SMILES string of the molecule is C=C/C=C1/[B]c2ccccc2S/C1=C/C=C. The normalized spacial score (nSPS) is 19.0. The summed E-state index contributed by atoms with van der Waals surface area (Å²) in [5.41, 5.74) is 2.46. The van der Waals surface area contributed by atoms with Crippen molar-refractivity contribution in [2.24, 2.45) is 0 Å². The lowest BCUT2D eigenvalue weighted by atomic mass is 9.62. The van der Waals surface area contributed by atoms with Gasteiger partial charge in [-0.05, 0) is 12.1 Å². The average Bonchev–Trinajstić information content (AvgIpc) is 2.30. The van der Waals surface area contributed by atoms with Crippen molar-refractivity contribution in [3.8, 4) is 0 Å². The maximum absolute atomic E-state index is 3.75. The Hall–Kier alpha value is -1.41. The van der Waals surface area contributed by atoms with E-state index < -0.39 is 0 Å². The van der Waals surface area contributed by atoms with E-state index in [2.05, 4.69) is 44.7 Å². The van der Waals surface area contributed by atoms with Crippen LogP contribution in [-0.2, 0) is 0 Å². The third kappa shape index (κ3) is 2.22. The maximum Gasteiger partial charge on any atom is 0.194 e. The van der Waals surface area contributed by atoms with Crippen molar-refractivity contribution in [2.45, 2.75) is 4.90 Å². The molecule has 0 unspecified atom stereocenters. The lowest BCUT2D eigenvalue weighted by molar-refractivity contribution is 1.50. The lowest BCUT2D eigenvalue weighted by Gasteiger charge is -2.19. The first-order valence-electron chi connectivity index (χ1n) is 5.12. The smallest absolute Gasteiger partial charge is 0.0991 e. The summed E-state index contributed by atoms with van der Waals surface area (Å²) in [5.74, 6) is 0. The van der Waals surface area contributed by atoms with Crippen LogP contribution in [0.25, 0.3) is 0 Å². The van der Waals surface area contributed by atoms with Gasteiger partial charge < -0.3 is 0 Å². The van der Waals surface area contributed by atoms with Gasteiger partial charge in [0.2, 0.25) is 0 Å². The molecule has 0 bridgehead atoms. The fourth-order valence-electron chi connectivity index (χ4n) is 1.60. The van der Waals surface area contributed by atoms with E-state index in [-0.39, 0.29) is 0 Å². The van der Waals surface area contributed by atoms with Crippen LogP contribution >= 0.6 is 11.8 Å². The second-order valence-electron chi connectivity index (χ2n) is 3.41. The molecule has 0 amide bonds. The quantitative estimate of drug-likeness (QED) is 0.693. The van der Waals surface area contributed by atoms with E-state index in [1.807, 2.05) is 24.3 Å². The molecule has 2 rings (SSSR count). The van der Waals surface area contributed by atoms with Crippen molar-refractivity contribution in [2.75, 3.05) is 0 Å². The summed E-state index contributed by atoms with van der Waals surface area (Å²) in [6.07, 6.45) is 7.70. The first-order valence-corrected chi connectivity index (χ1v) is 5.94. The first kappa shape index (κ1) is 11.1. The molecule has 0 aliphatic carbocycles. The standard InChI is InChI=1S/C14H12BS/c1-3-7-11-13(8-4-2)16-14-10-6-5-9-12(14)15-11/h3-10H,1-2H2/b11-7+,13-8+. The van der Waals surface area contributed by atoms with Crippen LogP contribution < -0.4 is 5.46 Å². The Morgan fingerprint density at radius 1 is 1.06 bits per heavy atom. The molecule has 1 aliphatic heterocycles. The molecule has 2 heteroatoms. The summed E-state index contributed by atoms with van der Waals surface area (Å²) < 4.78 is 0. The number of hydrogen-bond acceptors (Lipinski definition) is 1. The summed E-state index contributed by atoms with van der Waals surface area (Å²) in [5, 5.41) is 0. The summed E-state index contributed by atoms with van der Waals surface area (Å²) in [4.78, 5) is 2.51. The Bertz CT molecular complexity index is 438. The molecule has 0 N–H and O–H groups in total. The Kier molecular flexibility index (Phi) is 3.52. The predicted octanol–water partition coefficient (Wildman–Crippen LogP) is 3.26. The second kappa shape index (κ2) is 5.08. The molecule has 1 aliphatic rings. The highest BCUT2D eigenvalue weighted by molar-refractivity contribution is 8.03. The zero-order chi connectivity index (χ0) is 11.4. The Morgan fingerprint density at radius 2 is 1.81 bits per heavy atom. The van der Waals surface area contributed by atoms with E-state index in [1.54, 1.807) is 11.8 Å². The van der Waals surface area contributed by atoms with Crippen LogP contribution in [0.3, 0.4) is 0 Å². The van der Waals surface area contributed by atoms with Crippen molar-refractivity contribution in [1.29, 1.82) is 0 Å². The van der Waals surface area contributed by atoms with E-state index in [0.29, 0.717) is 0 Å². The predicted molar refractivity (Wildman–Crippen MR) is 74.2 cm³/mol. The van der Waals surface area contributed by atoms with Gasteiger partial charge in [0.1, 0.15) is 0 Å². The number of allylic oxidation sites excluding steroid dienone is 5. The summed E-state index contributed by atoms with van der Waals surface area (Å²) in [6, 6.07) is 8.39. The first-order chi connectivity index (χ1) is 7.85. The largest absolute Gasteiger partial charge is 0.194 e. The van der Waals surface area contributed by atoms with Crippen molar-refractivity contribution in [3.63, 3.8) is 0 Å². The summed E-state index contributed by atoms with van der Waals surface area (Å²) >= 11 is 1.77. The van der Waals surface area contributed by atoms with Gasteiger partial charge in [-0.1, -0.05) is 72.3 Å². The van der Waals surface area contributed by atoms with Gasteiger partial charge in [-0.25, -0.2) is 0 Å². The molecule has 0 saturated heterocycles. The van der Waals surface area contributed by atoms with Crippen LogP contribution in [0.4, 0.5) is 0 Å². The number of fused-ring (bicyclic) bond motifs is 1. The number of benzene rings is 1. The summed E-state index contributed by atoms with van der Waals surface area (Å²) in [7, 11) is 2.18. The van der Waals surface area contributed by atoms with Crippen LogP contribution in [0.1, 0.15) is 0 Å². The molecule has 0 nitrogen and oxygen atoms in total. The third-order valence-corrected chi connectivity index (χ3v) is 3.48. The molecule has 0 saturated carbocycles. The Balaban J connectivity index is 2.44. The number of hydrogen-bond donors (Lipinski definition) is 0. The molecule has 0 fully saturated rings. The molecule has 0 aromatic heterocycles. The van der Waals surface area contributed by atoms with E-state index in [9.17, 15) is 0 Å². The highest BCUT2D eigenvalue weighted by Gasteiger charge is 2.17. The Labute approximate surface area is 102 Å². The maximum atomic E-state index is 3.75. The van der Waals surface area contributed by atoms with Gasteiger partial charge in [-0.2, -0.15) is 0 Å². The summed E-state index contributed by atoms with van der Waals surface area (Å²) in [6.45, 7) is 7.50. The minimum absolute atomic E-state index is 1.19. The molecule has 16 heavy (non-hydrogen) atoms. The molecular weight excluding hydrogens is 211 g/mol. The van der Waals surface area contributed by atoms with Gasteiger partial charge in [-0.15, -0.1) is 0 Å². The zero-order valence-corrected chi connectivity index (χ0v) is 9.84. The fourth-order valence-corrected chi connectivity index (χ4v) is 2.64. The van der Waals surface area contributed by atoms with E-state index in [1.165, 1.54) is 20.7 Å². The molecule has 0 spiro atoms. The third-order valence-electron chi connectivity index (χ3n) is 2.30. The van der Waals surface area contributed by atoms with E-state index in [0.717, 1.165) is 0 Å². The monoisotopic (exact) mass is 223 g/mol. The van der Waals surface area contributed by atoms with E-state index in [4.69, 9.17) is 0 Å². The number of thioether (sulfide) groups is 1. The Morgan fingerprint density at radius 3 is 2.56 bits per heavy atom. The van der Waals surface area contributed by atoms with Gasteiger partial charge in [0.25, 0.3) is 0 Å². The highest BCUT2D eigenvalue weighted by atomic mass is 32.2. The second-order valence-corrected chi connectivity index (χ2v) is 4.49. The van der Waals surface area contributed by atoms with Crippen molar-refractivity contribution in [1.82, 2.24) is 0 Å².